The summed E-state index contributed by atoms with van der Waals surface area (Å²) in [6, 6.07) is 17.1. The van der Waals surface area contributed by atoms with Crippen LogP contribution in [-0.4, -0.2) is 34.7 Å². The summed E-state index contributed by atoms with van der Waals surface area (Å²) in [7, 11) is 2.86. The van der Waals surface area contributed by atoms with Gasteiger partial charge in [0.2, 0.25) is 5.75 Å². The first-order chi connectivity index (χ1) is 16.4. The second-order valence-electron chi connectivity index (χ2n) is 7.37. The van der Waals surface area contributed by atoms with E-state index < -0.39 is 0 Å². The van der Waals surface area contributed by atoms with Crippen LogP contribution < -0.4 is 15.2 Å². The normalized spacial score (nSPS) is 11.0. The number of imidazole rings is 1. The number of carbonyl (C=O) groups is 1. The van der Waals surface area contributed by atoms with E-state index >= 15 is 0 Å². The van der Waals surface area contributed by atoms with Gasteiger partial charge in [-0.05, 0) is 53.6 Å². The summed E-state index contributed by atoms with van der Waals surface area (Å²) in [5.41, 5.74) is 2.70. The van der Waals surface area contributed by atoms with E-state index in [1.807, 2.05) is 12.1 Å². The van der Waals surface area contributed by atoms with Crippen molar-refractivity contribution in [1.29, 1.82) is 0 Å². The van der Waals surface area contributed by atoms with Gasteiger partial charge >= 0.3 is 5.69 Å². The van der Waals surface area contributed by atoms with Crippen LogP contribution in [0.3, 0.4) is 0 Å². The van der Waals surface area contributed by atoms with Crippen LogP contribution in [0.4, 0.5) is 0 Å². The zero-order valence-electron chi connectivity index (χ0n) is 18.4. The van der Waals surface area contributed by atoms with Crippen molar-refractivity contribution in [2.75, 3.05) is 14.2 Å². The number of H-pyrrole nitrogens is 1. The minimum absolute atomic E-state index is 0.115. The zero-order valence-corrected chi connectivity index (χ0v) is 19.2. The Kier molecular flexibility index (Phi) is 6.56. The molecule has 0 bridgehead atoms. The molecule has 3 aromatic carbocycles. The van der Waals surface area contributed by atoms with E-state index in [4.69, 9.17) is 21.1 Å². The van der Waals surface area contributed by atoms with E-state index in [1.165, 1.54) is 24.9 Å². The molecule has 2 N–H and O–H groups in total. The summed E-state index contributed by atoms with van der Waals surface area (Å²) >= 11 is 5.94. The molecule has 4 aromatic rings. The van der Waals surface area contributed by atoms with Gasteiger partial charge in [0, 0.05) is 16.8 Å². The number of aromatic amines is 1. The third-order valence-electron chi connectivity index (χ3n) is 5.21. The van der Waals surface area contributed by atoms with Crippen LogP contribution >= 0.6 is 11.6 Å². The van der Waals surface area contributed by atoms with Gasteiger partial charge in [0.15, 0.2) is 17.3 Å². The predicted octanol–water partition coefficient (Wildman–Crippen LogP) is 5.10. The first-order valence-corrected chi connectivity index (χ1v) is 10.6. The lowest BCUT2D eigenvalue weighted by Gasteiger charge is -2.09. The van der Waals surface area contributed by atoms with Crippen molar-refractivity contribution in [1.82, 2.24) is 9.55 Å². The number of halogens is 1. The number of carbonyl (C=O) groups excluding carboxylic acids is 1. The summed E-state index contributed by atoms with van der Waals surface area (Å²) in [4.78, 5) is 28.2. The Balaban J connectivity index is 1.60. The molecule has 0 aliphatic rings. The SMILES string of the molecule is COc1cc(C=CC(=O)c2cccc(-n3cc(-c4ccc(Cl)cc4)[nH]c3=O)c2)cc(OC)c1O. The van der Waals surface area contributed by atoms with Gasteiger partial charge < -0.3 is 19.6 Å². The number of rotatable bonds is 7. The van der Waals surface area contributed by atoms with Crippen molar-refractivity contribution < 1.29 is 19.4 Å². The average molecular weight is 477 g/mol. The van der Waals surface area contributed by atoms with Crippen LogP contribution in [0.5, 0.6) is 17.2 Å². The Labute approximate surface area is 200 Å². The number of aromatic nitrogens is 2. The molecule has 0 amide bonds. The van der Waals surface area contributed by atoms with Gasteiger partial charge in [-0.25, -0.2) is 4.79 Å². The molecule has 0 saturated carbocycles. The topological polar surface area (TPSA) is 93.6 Å². The van der Waals surface area contributed by atoms with Crippen LogP contribution in [0.25, 0.3) is 23.0 Å². The summed E-state index contributed by atoms with van der Waals surface area (Å²) < 4.78 is 11.7. The maximum Gasteiger partial charge on any atom is 0.330 e. The fourth-order valence-electron chi connectivity index (χ4n) is 3.45. The third kappa shape index (κ3) is 4.74. The number of nitrogens with one attached hydrogen (secondary N) is 1. The standard InChI is InChI=1S/C26H21ClN2O5/c1-33-23-12-16(13-24(34-2)25(23)31)6-11-22(30)18-4-3-5-20(14-18)29-15-21(28-26(29)32)17-7-9-19(27)10-8-17/h3-15,31H,1-2H3,(H,28,32). The largest absolute Gasteiger partial charge is 0.502 e. The summed E-state index contributed by atoms with van der Waals surface area (Å²) in [6.07, 6.45) is 4.68. The van der Waals surface area contributed by atoms with Crippen LogP contribution in [0.15, 0.2) is 77.7 Å². The Bertz CT molecular complexity index is 1410. The van der Waals surface area contributed by atoms with E-state index in [9.17, 15) is 14.7 Å². The fourth-order valence-corrected chi connectivity index (χ4v) is 3.58. The molecule has 0 aliphatic carbocycles. The highest BCUT2D eigenvalue weighted by Crippen LogP contribution is 2.37. The molecule has 0 saturated heterocycles. The second-order valence-corrected chi connectivity index (χ2v) is 7.81. The monoisotopic (exact) mass is 476 g/mol. The van der Waals surface area contributed by atoms with Gasteiger partial charge in [0.25, 0.3) is 0 Å². The summed E-state index contributed by atoms with van der Waals surface area (Å²) in [5.74, 6) is 0.0963. The highest BCUT2D eigenvalue weighted by Gasteiger charge is 2.12. The molecule has 0 unspecified atom stereocenters. The van der Waals surface area contributed by atoms with E-state index in [1.54, 1.807) is 60.8 Å². The van der Waals surface area contributed by atoms with Crippen LogP contribution in [0.1, 0.15) is 15.9 Å². The maximum atomic E-state index is 12.8. The van der Waals surface area contributed by atoms with Crippen molar-refractivity contribution in [3.05, 3.63) is 99.6 Å². The lowest BCUT2D eigenvalue weighted by Crippen LogP contribution is -2.14. The number of allylic oxidation sites excluding steroid dienone is 1. The molecule has 34 heavy (non-hydrogen) atoms. The quantitative estimate of drug-likeness (QED) is 0.286. The van der Waals surface area contributed by atoms with Crippen molar-refractivity contribution in [3.8, 4) is 34.2 Å². The lowest BCUT2D eigenvalue weighted by atomic mass is 10.1. The number of phenolic OH excluding ortho intramolecular Hbond substituents is 1. The van der Waals surface area contributed by atoms with Gasteiger partial charge in [0.1, 0.15) is 0 Å². The predicted molar refractivity (Wildman–Crippen MR) is 131 cm³/mol. The van der Waals surface area contributed by atoms with E-state index in [-0.39, 0.29) is 28.7 Å². The molecule has 0 spiro atoms. The zero-order chi connectivity index (χ0) is 24.2. The number of hydrogen-bond acceptors (Lipinski definition) is 5. The van der Waals surface area contributed by atoms with Gasteiger partial charge in [-0.3, -0.25) is 9.36 Å². The molecule has 7 nitrogen and oxygen atoms in total. The molecule has 172 valence electrons. The number of aromatic hydroxyl groups is 1. The van der Waals surface area contributed by atoms with Crippen molar-refractivity contribution >= 4 is 23.5 Å². The average Bonchev–Trinajstić information content (AvgIpc) is 3.25. The Morgan fingerprint density at radius 2 is 1.71 bits per heavy atom. The van der Waals surface area contributed by atoms with E-state index in [0.717, 1.165) is 5.56 Å². The number of methoxy groups -OCH3 is 2. The third-order valence-corrected chi connectivity index (χ3v) is 5.46. The first kappa shape index (κ1) is 22.9. The molecule has 4 rings (SSSR count). The smallest absolute Gasteiger partial charge is 0.330 e. The maximum absolute atomic E-state index is 12.8. The Hall–Kier alpha value is -4.23. The number of hydrogen-bond donors (Lipinski definition) is 2. The molecule has 8 heteroatoms. The van der Waals surface area contributed by atoms with Crippen molar-refractivity contribution in [3.63, 3.8) is 0 Å². The lowest BCUT2D eigenvalue weighted by molar-refractivity contribution is 0.104. The molecule has 1 aromatic heterocycles. The minimum atomic E-state index is -0.326. The number of ketones is 1. The number of phenols is 1. The Morgan fingerprint density at radius 1 is 1.03 bits per heavy atom. The van der Waals surface area contributed by atoms with Crippen molar-refractivity contribution in [2.45, 2.75) is 0 Å². The van der Waals surface area contributed by atoms with Crippen molar-refractivity contribution in [2.24, 2.45) is 0 Å². The number of nitrogens with zero attached hydrogens (tertiary/aromatic N) is 1. The van der Waals surface area contributed by atoms with E-state index in [2.05, 4.69) is 4.98 Å². The van der Waals surface area contributed by atoms with Crippen LogP contribution in [0, 0.1) is 0 Å². The van der Waals surface area contributed by atoms with Crippen LogP contribution in [-0.2, 0) is 0 Å². The molecule has 1 heterocycles. The molecule has 0 aliphatic heterocycles. The van der Waals surface area contributed by atoms with Gasteiger partial charge in [-0.2, -0.15) is 0 Å². The number of benzene rings is 3. The number of ether oxygens (including phenoxy) is 2. The molecular formula is C26H21ClN2O5. The second kappa shape index (κ2) is 9.72. The van der Waals surface area contributed by atoms with Gasteiger partial charge in [0.05, 0.1) is 25.6 Å². The van der Waals surface area contributed by atoms with Gasteiger partial charge in [-0.1, -0.05) is 41.9 Å². The first-order valence-electron chi connectivity index (χ1n) is 10.2. The highest BCUT2D eigenvalue weighted by atomic mass is 35.5. The molecule has 0 radical (unpaired) electrons. The summed E-state index contributed by atoms with van der Waals surface area (Å²) in [6.45, 7) is 0. The summed E-state index contributed by atoms with van der Waals surface area (Å²) in [5, 5.41) is 10.6. The van der Waals surface area contributed by atoms with E-state index in [0.29, 0.717) is 27.5 Å². The minimum Gasteiger partial charge on any atom is -0.502 e. The highest BCUT2D eigenvalue weighted by molar-refractivity contribution is 6.30. The Morgan fingerprint density at radius 3 is 2.35 bits per heavy atom. The van der Waals surface area contributed by atoms with Gasteiger partial charge in [-0.15, -0.1) is 0 Å². The molecule has 0 atom stereocenters. The van der Waals surface area contributed by atoms with Crippen LogP contribution in [0.2, 0.25) is 5.02 Å². The fraction of sp³-hybridized carbons (Fsp3) is 0.0769. The molecule has 0 fully saturated rings. The molecular weight excluding hydrogens is 456 g/mol.